The number of carboxylic acids is 3. The summed E-state index contributed by atoms with van der Waals surface area (Å²) in [6.07, 6.45) is -7.29. The first kappa shape index (κ1) is 71.1. The quantitative estimate of drug-likeness (QED) is 0.0387. The minimum atomic E-state index is -2.08. The number of aliphatic carboxylic acids is 3. The summed E-state index contributed by atoms with van der Waals surface area (Å²) >= 11 is 0. The summed E-state index contributed by atoms with van der Waals surface area (Å²) in [6.45, 7) is 2.13. The molecule has 32 nitrogen and oxygen atoms in total. The molecule has 1 aliphatic heterocycles. The molecule has 89 heavy (non-hydrogen) atoms. The predicted octanol–water partition coefficient (Wildman–Crippen LogP) is -3.43. The fourth-order valence-electron chi connectivity index (χ4n) is 8.92. The van der Waals surface area contributed by atoms with Gasteiger partial charge in [0.1, 0.15) is 47.8 Å². The van der Waals surface area contributed by atoms with Crippen LogP contribution >= 0.6 is 0 Å². The van der Waals surface area contributed by atoms with Gasteiger partial charge >= 0.3 is 17.9 Å². The van der Waals surface area contributed by atoms with Crippen LogP contribution in [0.3, 0.4) is 0 Å². The number of phenols is 4. The van der Waals surface area contributed by atoms with Crippen molar-refractivity contribution in [2.45, 2.75) is 139 Å². The van der Waals surface area contributed by atoms with Gasteiger partial charge in [0.25, 0.3) is 0 Å². The Morgan fingerprint density at radius 2 is 1.02 bits per heavy atom. The molecule has 0 saturated carbocycles. The third-order valence-electron chi connectivity index (χ3n) is 13.5. The van der Waals surface area contributed by atoms with Gasteiger partial charge in [0.2, 0.25) is 65.0 Å². The highest BCUT2D eigenvalue weighted by molar-refractivity contribution is 6.04. The minimum absolute atomic E-state index is 0.0403. The van der Waals surface area contributed by atoms with Crippen LogP contribution in [0.4, 0.5) is 0 Å². The number of aromatic hydroxyl groups is 4. The number of amides is 11. The van der Waals surface area contributed by atoms with Gasteiger partial charge in [-0.25, -0.2) is 0 Å². The van der Waals surface area contributed by atoms with Crippen molar-refractivity contribution in [1.82, 2.24) is 53.2 Å². The van der Waals surface area contributed by atoms with Crippen molar-refractivity contribution in [2.75, 3.05) is 13.1 Å². The second-order valence-corrected chi connectivity index (χ2v) is 21.2. The standard InChI is InChI=1S/C57H73N11O21/c1-28(2)21-37-53(85)65-36(14-18-48(78)79)52(84)64-35(50(82)59-20-19-31-7-15-42(71)43(72)24-31)12-16-45(74)62-38(22-29-3-8-32(69)9-4-29)54(86)66-39(23-30-5-10-33(70)11-6-30)55(87)67-40(25-44(58)73)56(88)68-57(89)41(26-49(80)81)61-34(13-17-47(76)77)51(83)60-27-46(75)63-37/h3-11,15,24,28,34-41,61,69-72H,12-14,16-23,25-27H2,1-2H3,(H2,58,73)(H,59,82)(H,60,83)(H,62,74)(H,63,75)(H,64,84)(H,65,85)(H,66,86)(H,67,87)(H,76,77)(H,78,79)(H,80,81)(H,68,88,89)/t34-,35-,36-,37-,38-,39-,40-,41-/m0/s1. The van der Waals surface area contributed by atoms with Crippen molar-refractivity contribution in [3.63, 3.8) is 0 Å². The number of nitrogens with one attached hydrogen (secondary N) is 10. The van der Waals surface area contributed by atoms with Crippen molar-refractivity contribution >= 4 is 82.9 Å². The first-order valence-corrected chi connectivity index (χ1v) is 27.9. The summed E-state index contributed by atoms with van der Waals surface area (Å²) in [7, 11) is 0. The molecule has 0 aromatic heterocycles. The number of benzene rings is 3. The van der Waals surface area contributed by atoms with Crippen LogP contribution in [-0.2, 0) is 86.4 Å². The normalized spacial score (nSPS) is 21.7. The molecule has 482 valence electrons. The molecule has 1 heterocycles. The second kappa shape index (κ2) is 34.7. The van der Waals surface area contributed by atoms with Crippen LogP contribution in [0.15, 0.2) is 66.7 Å². The number of carbonyl (C=O) groups excluding carboxylic acids is 11. The topological polar surface area (TPSA) is 527 Å². The lowest BCUT2D eigenvalue weighted by atomic mass is 10.0. The number of hydrogen-bond donors (Lipinski definition) is 18. The van der Waals surface area contributed by atoms with E-state index in [-0.39, 0.29) is 48.8 Å². The van der Waals surface area contributed by atoms with E-state index in [1.165, 1.54) is 66.7 Å². The molecule has 0 bridgehead atoms. The average Bonchev–Trinajstić information content (AvgIpc) is 3.65. The molecule has 0 aliphatic carbocycles. The zero-order valence-electron chi connectivity index (χ0n) is 48.4. The maximum atomic E-state index is 14.6. The zero-order valence-corrected chi connectivity index (χ0v) is 48.4. The minimum Gasteiger partial charge on any atom is -0.508 e. The number of carboxylic acid groups (broad SMARTS) is 3. The second-order valence-electron chi connectivity index (χ2n) is 21.2. The van der Waals surface area contributed by atoms with E-state index in [0.29, 0.717) is 11.1 Å². The van der Waals surface area contributed by atoms with Crippen LogP contribution < -0.4 is 58.9 Å². The van der Waals surface area contributed by atoms with E-state index in [1.54, 1.807) is 13.8 Å². The Kier molecular flexibility index (Phi) is 27.7. The Balaban J connectivity index is 1.86. The summed E-state index contributed by atoms with van der Waals surface area (Å²) in [5.74, 6) is -19.3. The molecular formula is C57H73N11O21. The van der Waals surface area contributed by atoms with Gasteiger partial charge in [-0.1, -0.05) is 44.2 Å². The van der Waals surface area contributed by atoms with Gasteiger partial charge in [-0.15, -0.1) is 0 Å². The van der Waals surface area contributed by atoms with Crippen molar-refractivity contribution in [1.29, 1.82) is 0 Å². The highest BCUT2D eigenvalue weighted by Crippen LogP contribution is 2.25. The smallest absolute Gasteiger partial charge is 0.305 e. The fourth-order valence-corrected chi connectivity index (χ4v) is 8.92. The number of imide groups is 1. The van der Waals surface area contributed by atoms with Crippen molar-refractivity contribution in [3.8, 4) is 23.0 Å². The summed E-state index contributed by atoms with van der Waals surface area (Å²) in [5, 5.41) is 92.3. The largest absolute Gasteiger partial charge is 0.508 e. The van der Waals surface area contributed by atoms with E-state index in [2.05, 4.69) is 47.9 Å². The van der Waals surface area contributed by atoms with Gasteiger partial charge < -0.3 is 84.0 Å². The summed E-state index contributed by atoms with van der Waals surface area (Å²) in [6, 6.07) is -0.0862. The van der Waals surface area contributed by atoms with Crippen molar-refractivity contribution in [2.24, 2.45) is 11.7 Å². The molecule has 4 rings (SSSR count). The molecule has 0 unspecified atom stereocenters. The number of rotatable bonds is 20. The average molecular weight is 1250 g/mol. The lowest BCUT2D eigenvalue weighted by Gasteiger charge is -2.26. The van der Waals surface area contributed by atoms with Gasteiger partial charge in [0.05, 0.1) is 31.5 Å². The Labute approximate surface area is 507 Å². The monoisotopic (exact) mass is 1250 g/mol. The summed E-state index contributed by atoms with van der Waals surface area (Å²) < 4.78 is 0. The third kappa shape index (κ3) is 25.2. The predicted molar refractivity (Wildman–Crippen MR) is 307 cm³/mol. The van der Waals surface area contributed by atoms with Crippen LogP contribution in [0.5, 0.6) is 23.0 Å². The summed E-state index contributed by atoms with van der Waals surface area (Å²) in [5.41, 5.74) is 6.45. The molecule has 0 spiro atoms. The Bertz CT molecular complexity index is 3090. The van der Waals surface area contributed by atoms with Gasteiger partial charge in [-0.3, -0.25) is 77.8 Å². The van der Waals surface area contributed by atoms with Crippen LogP contribution in [-0.4, -0.2) is 180 Å². The SMILES string of the molecule is CC(C)C[C@@H]1NC(=O)CNC(=O)[C@H](CCC(=O)O)N[C@@H](CC(=O)O)C(=O)NC(=O)[C@H](CC(N)=O)NC(=O)[C@H](Cc2ccc(O)cc2)NC(=O)[C@H](Cc2ccc(O)cc2)NC(=O)CC[C@@H](C(=O)NCCc2ccc(O)c(O)c2)NC(=O)[C@H](CCC(=O)O)NC1=O. The molecule has 0 radical (unpaired) electrons. The van der Waals surface area contributed by atoms with Gasteiger partial charge in [-0.2, -0.15) is 0 Å². The molecule has 1 fully saturated rings. The number of carbonyl (C=O) groups is 14. The van der Waals surface area contributed by atoms with Crippen LogP contribution in [0.25, 0.3) is 0 Å². The molecule has 3 aromatic rings. The van der Waals surface area contributed by atoms with Crippen molar-refractivity contribution in [3.05, 3.63) is 83.4 Å². The van der Waals surface area contributed by atoms with E-state index in [4.69, 9.17) is 5.73 Å². The molecule has 11 amide bonds. The number of hydrogen-bond acceptors (Lipinski definition) is 19. The van der Waals surface area contributed by atoms with E-state index < -0.39 is 207 Å². The Hall–Kier alpha value is -10.4. The maximum absolute atomic E-state index is 14.6. The third-order valence-corrected chi connectivity index (χ3v) is 13.5. The van der Waals surface area contributed by atoms with Crippen molar-refractivity contribution < 1.29 is 103 Å². The van der Waals surface area contributed by atoms with Gasteiger partial charge in [0, 0.05) is 38.6 Å². The number of phenolic OH excluding ortho intramolecular Hbond substituents is 4. The highest BCUT2D eigenvalue weighted by atomic mass is 16.4. The van der Waals surface area contributed by atoms with E-state index in [9.17, 15) is 103 Å². The van der Waals surface area contributed by atoms with Crippen LogP contribution in [0.1, 0.15) is 88.3 Å². The first-order chi connectivity index (χ1) is 42.0. The Morgan fingerprint density at radius 3 is 1.56 bits per heavy atom. The van der Waals surface area contributed by atoms with Crippen LogP contribution in [0, 0.1) is 5.92 Å². The fraction of sp³-hybridized carbons (Fsp3) is 0.439. The Morgan fingerprint density at radius 1 is 0.528 bits per heavy atom. The van der Waals surface area contributed by atoms with Gasteiger partial charge in [-0.05, 0) is 91.1 Å². The summed E-state index contributed by atoms with van der Waals surface area (Å²) in [4.78, 5) is 189. The molecule has 1 saturated heterocycles. The maximum Gasteiger partial charge on any atom is 0.305 e. The zero-order chi connectivity index (χ0) is 66.1. The van der Waals surface area contributed by atoms with E-state index >= 15 is 0 Å². The van der Waals surface area contributed by atoms with E-state index in [1.807, 2.05) is 5.32 Å². The molecule has 8 atom stereocenters. The molecule has 32 heteroatoms. The number of nitrogens with two attached hydrogens (primary N) is 1. The number of primary amides is 1. The lowest BCUT2D eigenvalue weighted by molar-refractivity contribution is -0.142. The van der Waals surface area contributed by atoms with Gasteiger partial charge in [0.15, 0.2) is 11.5 Å². The first-order valence-electron chi connectivity index (χ1n) is 27.9. The lowest BCUT2D eigenvalue weighted by Crippen LogP contribution is -2.60. The molecular weight excluding hydrogens is 1170 g/mol. The highest BCUT2D eigenvalue weighted by Gasteiger charge is 2.36. The molecule has 3 aromatic carbocycles. The molecule has 19 N–H and O–H groups in total. The van der Waals surface area contributed by atoms with E-state index in [0.717, 1.165) is 0 Å². The van der Waals surface area contributed by atoms with Crippen LogP contribution in [0.2, 0.25) is 0 Å². The molecule has 1 aliphatic rings.